The first-order valence-electron chi connectivity index (χ1n) is 11.9. The molecule has 0 spiro atoms. The predicted octanol–water partition coefficient (Wildman–Crippen LogP) is 5.31. The average molecular weight is 533 g/mol. The molecule has 2 amide bonds. The average Bonchev–Trinajstić information content (AvgIpc) is 3.50. The Labute approximate surface area is 221 Å². The van der Waals surface area contributed by atoms with E-state index in [1.54, 1.807) is 29.8 Å². The fourth-order valence-corrected chi connectivity index (χ4v) is 4.22. The molecule has 8 nitrogen and oxygen atoms in total. The number of hydrogen-bond donors (Lipinski definition) is 2. The van der Waals surface area contributed by atoms with Crippen molar-refractivity contribution in [3.05, 3.63) is 95.8 Å². The summed E-state index contributed by atoms with van der Waals surface area (Å²) >= 11 is 0. The highest BCUT2D eigenvalue weighted by atomic mass is 19.4. The molecule has 0 radical (unpaired) electrons. The summed E-state index contributed by atoms with van der Waals surface area (Å²) in [5.74, 6) is -0.425. The fraction of sp³-hybridized carbons (Fsp3) is 0.143. The number of carbonyl (C=O) groups excluding carboxylic acids is 2. The van der Waals surface area contributed by atoms with Crippen molar-refractivity contribution in [2.75, 3.05) is 5.32 Å². The maximum Gasteiger partial charge on any atom is 0.417 e. The Bertz CT molecular complexity index is 1690. The van der Waals surface area contributed by atoms with E-state index in [2.05, 4.69) is 15.7 Å². The van der Waals surface area contributed by atoms with Crippen LogP contribution in [0.15, 0.2) is 79.1 Å². The second-order valence-electron chi connectivity index (χ2n) is 8.93. The van der Waals surface area contributed by atoms with Gasteiger partial charge in [0.15, 0.2) is 0 Å². The van der Waals surface area contributed by atoms with Gasteiger partial charge in [-0.25, -0.2) is 4.98 Å². The number of alkyl halides is 3. The molecule has 3 heterocycles. The minimum absolute atomic E-state index is 0.0277. The zero-order valence-electron chi connectivity index (χ0n) is 21.0. The van der Waals surface area contributed by atoms with Gasteiger partial charge >= 0.3 is 6.18 Å². The molecule has 5 aromatic rings. The summed E-state index contributed by atoms with van der Waals surface area (Å²) in [6.07, 6.45) is -1.38. The van der Waals surface area contributed by atoms with Crippen LogP contribution in [0.2, 0.25) is 0 Å². The monoisotopic (exact) mass is 532 g/mol. The highest BCUT2D eigenvalue weighted by molar-refractivity contribution is 6.06. The van der Waals surface area contributed by atoms with E-state index in [9.17, 15) is 22.8 Å². The minimum atomic E-state index is -4.63. The van der Waals surface area contributed by atoms with Gasteiger partial charge in [-0.1, -0.05) is 30.3 Å². The first-order chi connectivity index (χ1) is 18.6. The van der Waals surface area contributed by atoms with Gasteiger partial charge in [0.05, 0.1) is 11.3 Å². The standard InChI is InChI=1S/C28H23F3N6O2/c1-17(38)32-16-18-10-13-37-24(14-18)33-25(19-6-4-3-5-7-19)26(37)34-27(39)20-8-9-22(28(29,30)31)21(15-20)23-11-12-36(2)35-23/h3-15H,16H2,1-2H3,(H,32,38)(H,34,39). The number of anilines is 1. The lowest BCUT2D eigenvalue weighted by molar-refractivity contribution is -0.137. The minimum Gasteiger partial charge on any atom is -0.352 e. The van der Waals surface area contributed by atoms with Gasteiger partial charge in [0.2, 0.25) is 5.91 Å². The third kappa shape index (κ3) is 5.37. The smallest absolute Gasteiger partial charge is 0.352 e. The third-order valence-electron chi connectivity index (χ3n) is 6.09. The first-order valence-corrected chi connectivity index (χ1v) is 11.9. The van der Waals surface area contributed by atoms with E-state index in [-0.39, 0.29) is 22.7 Å². The summed E-state index contributed by atoms with van der Waals surface area (Å²) in [6, 6.07) is 17.5. The van der Waals surface area contributed by atoms with E-state index in [0.717, 1.165) is 23.3 Å². The maximum absolute atomic E-state index is 13.8. The largest absolute Gasteiger partial charge is 0.417 e. The van der Waals surface area contributed by atoms with Gasteiger partial charge in [-0.05, 0) is 42.0 Å². The first kappa shape index (κ1) is 25.7. The van der Waals surface area contributed by atoms with Crippen molar-refractivity contribution in [2.24, 2.45) is 7.05 Å². The molecular formula is C28H23F3N6O2. The lowest BCUT2D eigenvalue weighted by Crippen LogP contribution is -2.19. The van der Waals surface area contributed by atoms with Gasteiger partial charge in [-0.2, -0.15) is 18.3 Å². The Hall–Kier alpha value is -4.93. The molecule has 0 bridgehead atoms. The van der Waals surface area contributed by atoms with Crippen molar-refractivity contribution < 1.29 is 22.8 Å². The number of carbonyl (C=O) groups is 2. The number of nitrogens with one attached hydrogen (secondary N) is 2. The van der Waals surface area contributed by atoms with Gasteiger partial charge in [-0.15, -0.1) is 0 Å². The predicted molar refractivity (Wildman–Crippen MR) is 140 cm³/mol. The molecule has 5 rings (SSSR count). The Morgan fingerprint density at radius 2 is 1.74 bits per heavy atom. The van der Waals surface area contributed by atoms with Crippen molar-refractivity contribution in [1.29, 1.82) is 0 Å². The second kappa shape index (κ2) is 10.1. The highest BCUT2D eigenvalue weighted by Crippen LogP contribution is 2.37. The maximum atomic E-state index is 13.8. The number of aromatic nitrogens is 4. The summed E-state index contributed by atoms with van der Waals surface area (Å²) in [6.45, 7) is 1.73. The number of hydrogen-bond acceptors (Lipinski definition) is 4. The topological polar surface area (TPSA) is 93.3 Å². The lowest BCUT2D eigenvalue weighted by atomic mass is 10.0. The van der Waals surface area contributed by atoms with E-state index in [0.29, 0.717) is 23.7 Å². The SMILES string of the molecule is CC(=O)NCc1ccn2c(NC(=O)c3ccc(C(F)(F)F)c(-c4ccn(C)n4)c3)c(-c3ccccc3)nc2c1. The molecule has 0 aliphatic rings. The molecule has 39 heavy (non-hydrogen) atoms. The number of halogens is 3. The van der Waals surface area contributed by atoms with Crippen LogP contribution in [0.5, 0.6) is 0 Å². The Morgan fingerprint density at radius 3 is 2.41 bits per heavy atom. The van der Waals surface area contributed by atoms with Crippen LogP contribution in [0.25, 0.3) is 28.2 Å². The number of benzene rings is 2. The van der Waals surface area contributed by atoms with Gasteiger partial charge < -0.3 is 10.6 Å². The Balaban J connectivity index is 1.56. The van der Waals surface area contributed by atoms with Crippen LogP contribution in [0, 0.1) is 0 Å². The van der Waals surface area contributed by atoms with E-state index in [1.165, 1.54) is 29.9 Å². The van der Waals surface area contributed by atoms with Gasteiger partial charge in [0, 0.05) is 49.6 Å². The number of fused-ring (bicyclic) bond motifs is 1. The molecule has 198 valence electrons. The number of pyridine rings is 1. The number of imidazole rings is 1. The number of nitrogens with zero attached hydrogens (tertiary/aromatic N) is 4. The number of amides is 2. The molecule has 0 saturated heterocycles. The molecule has 2 N–H and O–H groups in total. The third-order valence-corrected chi connectivity index (χ3v) is 6.09. The van der Waals surface area contributed by atoms with Gasteiger partial charge in [0.1, 0.15) is 17.2 Å². The molecule has 0 atom stereocenters. The zero-order valence-corrected chi connectivity index (χ0v) is 21.0. The molecule has 11 heteroatoms. The van der Waals surface area contributed by atoms with Gasteiger partial charge in [0.25, 0.3) is 5.91 Å². The fourth-order valence-electron chi connectivity index (χ4n) is 4.22. The normalized spacial score (nSPS) is 11.5. The van der Waals surface area contributed by atoms with Crippen molar-refractivity contribution in [2.45, 2.75) is 19.6 Å². The van der Waals surface area contributed by atoms with Crippen LogP contribution in [0.4, 0.5) is 19.0 Å². The summed E-state index contributed by atoms with van der Waals surface area (Å²) in [4.78, 5) is 29.5. The van der Waals surface area contributed by atoms with Crippen LogP contribution in [-0.2, 0) is 24.6 Å². The molecule has 2 aromatic carbocycles. The van der Waals surface area contributed by atoms with E-state index in [4.69, 9.17) is 4.98 Å². The van der Waals surface area contributed by atoms with Gasteiger partial charge in [-0.3, -0.25) is 18.7 Å². The van der Waals surface area contributed by atoms with Crippen molar-refractivity contribution in [1.82, 2.24) is 24.5 Å². The summed E-state index contributed by atoms with van der Waals surface area (Å²) < 4.78 is 44.3. The second-order valence-corrected chi connectivity index (χ2v) is 8.93. The quantitative estimate of drug-likeness (QED) is 0.310. The Morgan fingerprint density at radius 1 is 0.974 bits per heavy atom. The van der Waals surface area contributed by atoms with E-state index < -0.39 is 17.6 Å². The van der Waals surface area contributed by atoms with E-state index in [1.807, 2.05) is 30.3 Å². The van der Waals surface area contributed by atoms with Crippen LogP contribution in [0.3, 0.4) is 0 Å². The van der Waals surface area contributed by atoms with Crippen LogP contribution >= 0.6 is 0 Å². The number of aryl methyl sites for hydroxylation is 1. The molecule has 0 aliphatic heterocycles. The number of rotatable bonds is 6. The van der Waals surface area contributed by atoms with Crippen molar-refractivity contribution in [3.63, 3.8) is 0 Å². The molecule has 0 unspecified atom stereocenters. The molecule has 0 saturated carbocycles. The summed E-state index contributed by atoms with van der Waals surface area (Å²) in [5, 5.41) is 9.69. The highest BCUT2D eigenvalue weighted by Gasteiger charge is 2.34. The van der Waals surface area contributed by atoms with Crippen molar-refractivity contribution >= 4 is 23.3 Å². The molecule has 3 aromatic heterocycles. The van der Waals surface area contributed by atoms with Crippen LogP contribution in [-0.4, -0.2) is 31.0 Å². The molecule has 0 aliphatic carbocycles. The van der Waals surface area contributed by atoms with E-state index >= 15 is 0 Å². The zero-order chi connectivity index (χ0) is 27.7. The van der Waals surface area contributed by atoms with Crippen LogP contribution in [0.1, 0.15) is 28.4 Å². The molecule has 0 fully saturated rings. The van der Waals surface area contributed by atoms with Crippen molar-refractivity contribution in [3.8, 4) is 22.5 Å². The Kier molecular flexibility index (Phi) is 6.65. The van der Waals surface area contributed by atoms with Crippen LogP contribution < -0.4 is 10.6 Å². The molecular weight excluding hydrogens is 509 g/mol. The lowest BCUT2D eigenvalue weighted by Gasteiger charge is -2.14. The summed E-state index contributed by atoms with van der Waals surface area (Å²) in [7, 11) is 1.60. The summed E-state index contributed by atoms with van der Waals surface area (Å²) in [5.41, 5.74) is 1.60.